The van der Waals surface area contributed by atoms with Crippen LogP contribution in [0.2, 0.25) is 5.02 Å². The molecule has 1 aliphatic rings. The number of aliphatic hydroxyl groups excluding tert-OH is 1. The number of nitrogens with zero attached hydrogens (tertiary/aromatic N) is 1. The molecule has 1 N–H and O–H groups in total. The van der Waals surface area contributed by atoms with E-state index >= 15 is 0 Å². The molecule has 0 aliphatic carbocycles. The van der Waals surface area contributed by atoms with E-state index in [0.29, 0.717) is 18.1 Å². The molecular formula is C15H18ClNO2. The molecule has 19 heavy (non-hydrogen) atoms. The summed E-state index contributed by atoms with van der Waals surface area (Å²) in [7, 11) is 0. The standard InChI is InChI=1S/C15H18ClNO2/c1-11-8-9-17(10-14(11)18)15(19)7-6-12-4-2-3-5-13(12)16/h2-7,11,14,18H,8-10H2,1H3/b7-6+. The second-order valence-corrected chi connectivity index (χ2v) is 5.38. The molecule has 2 unspecified atom stereocenters. The topological polar surface area (TPSA) is 40.5 Å². The Balaban J connectivity index is 2.00. The lowest BCUT2D eigenvalue weighted by atomic mass is 9.96. The predicted octanol–water partition coefficient (Wildman–Crippen LogP) is 2.58. The largest absolute Gasteiger partial charge is 0.391 e. The lowest BCUT2D eigenvalue weighted by Crippen LogP contribution is -2.45. The molecule has 2 rings (SSSR count). The van der Waals surface area contributed by atoms with Gasteiger partial charge in [-0.25, -0.2) is 0 Å². The molecule has 102 valence electrons. The number of amides is 1. The summed E-state index contributed by atoms with van der Waals surface area (Å²) in [6, 6.07) is 7.38. The molecule has 1 heterocycles. The number of carbonyl (C=O) groups is 1. The van der Waals surface area contributed by atoms with Crippen LogP contribution in [0.5, 0.6) is 0 Å². The van der Waals surface area contributed by atoms with Gasteiger partial charge in [-0.3, -0.25) is 4.79 Å². The zero-order chi connectivity index (χ0) is 13.8. The summed E-state index contributed by atoms with van der Waals surface area (Å²) < 4.78 is 0. The van der Waals surface area contributed by atoms with Crippen LogP contribution >= 0.6 is 11.6 Å². The van der Waals surface area contributed by atoms with Crippen LogP contribution < -0.4 is 0 Å². The number of hydrogen-bond acceptors (Lipinski definition) is 2. The van der Waals surface area contributed by atoms with E-state index in [0.717, 1.165) is 12.0 Å². The molecule has 1 aromatic carbocycles. The van der Waals surface area contributed by atoms with Crippen LogP contribution in [0.1, 0.15) is 18.9 Å². The molecule has 1 amide bonds. The number of benzene rings is 1. The number of aliphatic hydroxyl groups is 1. The van der Waals surface area contributed by atoms with Gasteiger partial charge in [0.25, 0.3) is 0 Å². The summed E-state index contributed by atoms with van der Waals surface area (Å²) in [5.41, 5.74) is 0.823. The number of carbonyl (C=O) groups excluding carboxylic acids is 1. The van der Waals surface area contributed by atoms with Crippen molar-refractivity contribution in [1.82, 2.24) is 4.90 Å². The Kier molecular flexibility index (Phi) is 4.61. The Hall–Kier alpha value is -1.32. The fourth-order valence-electron chi connectivity index (χ4n) is 2.13. The predicted molar refractivity (Wildman–Crippen MR) is 76.9 cm³/mol. The number of likely N-dealkylation sites (tertiary alicyclic amines) is 1. The first-order chi connectivity index (χ1) is 9.08. The van der Waals surface area contributed by atoms with E-state index in [1.54, 1.807) is 17.0 Å². The molecule has 0 bridgehead atoms. The second-order valence-electron chi connectivity index (χ2n) is 4.97. The molecule has 0 spiro atoms. The van der Waals surface area contributed by atoms with Crippen molar-refractivity contribution in [3.63, 3.8) is 0 Å². The minimum atomic E-state index is -0.425. The molecule has 1 fully saturated rings. The zero-order valence-corrected chi connectivity index (χ0v) is 11.7. The highest BCUT2D eigenvalue weighted by atomic mass is 35.5. The van der Waals surface area contributed by atoms with Crippen molar-refractivity contribution < 1.29 is 9.90 Å². The maximum absolute atomic E-state index is 12.0. The number of β-amino-alcohol motifs (C(OH)–C–C–N with tert-alkyl or cyclic N) is 1. The number of hydrogen-bond donors (Lipinski definition) is 1. The summed E-state index contributed by atoms with van der Waals surface area (Å²) in [5.74, 6) is 0.183. The first-order valence-electron chi connectivity index (χ1n) is 6.47. The molecule has 1 aromatic rings. The van der Waals surface area contributed by atoms with E-state index in [1.807, 2.05) is 25.1 Å². The second kappa shape index (κ2) is 6.22. The summed E-state index contributed by atoms with van der Waals surface area (Å²) in [6.07, 6.45) is 3.65. The smallest absolute Gasteiger partial charge is 0.246 e. The molecule has 3 nitrogen and oxygen atoms in total. The van der Waals surface area contributed by atoms with Gasteiger partial charge in [-0.15, -0.1) is 0 Å². The van der Waals surface area contributed by atoms with Crippen molar-refractivity contribution in [2.45, 2.75) is 19.4 Å². The fraction of sp³-hybridized carbons (Fsp3) is 0.400. The highest BCUT2D eigenvalue weighted by Gasteiger charge is 2.26. The average molecular weight is 280 g/mol. The Labute approximate surface area is 118 Å². The van der Waals surface area contributed by atoms with Crippen molar-refractivity contribution in [2.75, 3.05) is 13.1 Å². The molecule has 2 atom stereocenters. The molecule has 1 saturated heterocycles. The first kappa shape index (κ1) is 14.1. The third-order valence-corrected chi connectivity index (χ3v) is 3.89. The van der Waals surface area contributed by atoms with Gasteiger partial charge in [0.15, 0.2) is 0 Å². The summed E-state index contributed by atoms with van der Waals surface area (Å²) in [5, 5.41) is 10.4. The van der Waals surface area contributed by atoms with E-state index in [9.17, 15) is 9.90 Å². The van der Waals surface area contributed by atoms with E-state index in [1.165, 1.54) is 6.08 Å². The lowest BCUT2D eigenvalue weighted by Gasteiger charge is -2.33. The number of rotatable bonds is 2. The quantitative estimate of drug-likeness (QED) is 0.846. The number of piperidine rings is 1. The summed E-state index contributed by atoms with van der Waals surface area (Å²) >= 11 is 6.02. The van der Waals surface area contributed by atoms with Crippen LogP contribution in [-0.4, -0.2) is 35.1 Å². The van der Waals surface area contributed by atoms with E-state index in [4.69, 9.17) is 11.6 Å². The zero-order valence-electron chi connectivity index (χ0n) is 10.9. The third kappa shape index (κ3) is 3.58. The van der Waals surface area contributed by atoms with E-state index in [2.05, 4.69) is 0 Å². The number of halogens is 1. The van der Waals surface area contributed by atoms with E-state index in [-0.39, 0.29) is 11.8 Å². The van der Waals surface area contributed by atoms with Gasteiger partial charge >= 0.3 is 0 Å². The van der Waals surface area contributed by atoms with Crippen molar-refractivity contribution >= 4 is 23.6 Å². The van der Waals surface area contributed by atoms with Gasteiger partial charge in [-0.05, 0) is 30.0 Å². The summed E-state index contributed by atoms with van der Waals surface area (Å²) in [4.78, 5) is 13.7. The van der Waals surface area contributed by atoms with Gasteiger partial charge in [0.05, 0.1) is 6.10 Å². The van der Waals surface area contributed by atoms with Gasteiger partial charge in [0, 0.05) is 24.2 Å². The van der Waals surface area contributed by atoms with Crippen molar-refractivity contribution in [1.29, 1.82) is 0 Å². The van der Waals surface area contributed by atoms with E-state index < -0.39 is 6.10 Å². The molecule has 0 radical (unpaired) electrons. The Morgan fingerprint density at radius 2 is 2.21 bits per heavy atom. The fourth-order valence-corrected chi connectivity index (χ4v) is 2.32. The molecule has 0 aromatic heterocycles. The van der Waals surface area contributed by atoms with Crippen molar-refractivity contribution in [3.8, 4) is 0 Å². The van der Waals surface area contributed by atoms with Crippen LogP contribution in [0.4, 0.5) is 0 Å². The average Bonchev–Trinajstić information content (AvgIpc) is 2.40. The van der Waals surface area contributed by atoms with Gasteiger partial charge < -0.3 is 10.0 Å². The van der Waals surface area contributed by atoms with Crippen LogP contribution in [0, 0.1) is 5.92 Å². The Bertz CT molecular complexity index is 487. The van der Waals surface area contributed by atoms with Crippen molar-refractivity contribution in [3.05, 3.63) is 40.9 Å². The van der Waals surface area contributed by atoms with Gasteiger partial charge in [0.1, 0.15) is 0 Å². The summed E-state index contributed by atoms with van der Waals surface area (Å²) in [6.45, 7) is 3.11. The first-order valence-corrected chi connectivity index (χ1v) is 6.85. The Morgan fingerprint density at radius 3 is 2.89 bits per heavy atom. The maximum atomic E-state index is 12.0. The normalized spacial score (nSPS) is 23.8. The Morgan fingerprint density at radius 1 is 1.47 bits per heavy atom. The van der Waals surface area contributed by atoms with Gasteiger partial charge in [-0.2, -0.15) is 0 Å². The molecule has 4 heteroatoms. The third-order valence-electron chi connectivity index (χ3n) is 3.54. The molecule has 1 aliphatic heterocycles. The highest BCUT2D eigenvalue weighted by molar-refractivity contribution is 6.32. The van der Waals surface area contributed by atoms with Crippen LogP contribution in [0.3, 0.4) is 0 Å². The molecule has 0 saturated carbocycles. The van der Waals surface area contributed by atoms with Gasteiger partial charge in [-0.1, -0.05) is 36.7 Å². The minimum Gasteiger partial charge on any atom is -0.391 e. The highest BCUT2D eigenvalue weighted by Crippen LogP contribution is 2.19. The van der Waals surface area contributed by atoms with Crippen LogP contribution in [0.15, 0.2) is 30.3 Å². The lowest BCUT2D eigenvalue weighted by molar-refractivity contribution is -0.130. The molecular weight excluding hydrogens is 262 g/mol. The van der Waals surface area contributed by atoms with Crippen LogP contribution in [0.25, 0.3) is 6.08 Å². The van der Waals surface area contributed by atoms with Crippen LogP contribution in [-0.2, 0) is 4.79 Å². The minimum absolute atomic E-state index is 0.0779. The van der Waals surface area contributed by atoms with Crippen molar-refractivity contribution in [2.24, 2.45) is 5.92 Å². The SMILES string of the molecule is CC1CCN(C(=O)/C=C/c2ccccc2Cl)CC1O. The van der Waals surface area contributed by atoms with Gasteiger partial charge in [0.2, 0.25) is 5.91 Å². The maximum Gasteiger partial charge on any atom is 0.246 e. The monoisotopic (exact) mass is 279 g/mol.